The van der Waals surface area contributed by atoms with E-state index in [2.05, 4.69) is 38.3 Å². The fourth-order valence-electron chi connectivity index (χ4n) is 7.49. The van der Waals surface area contributed by atoms with E-state index in [1.807, 2.05) is 84.9 Å². The molecule has 4 rings (SSSR count). The Labute approximate surface area is 306 Å². The first-order valence-corrected chi connectivity index (χ1v) is 19.5. The maximum absolute atomic E-state index is 14.6. The Kier molecular flexibility index (Phi) is 14.2. The number of carbonyl (C=O) groups is 2. The van der Waals surface area contributed by atoms with E-state index in [1.54, 1.807) is 13.8 Å². The summed E-state index contributed by atoms with van der Waals surface area (Å²) < 4.78 is 0. The highest BCUT2D eigenvalue weighted by molar-refractivity contribution is 6.05. The van der Waals surface area contributed by atoms with Crippen LogP contribution in [0.25, 0.3) is 21.5 Å². The van der Waals surface area contributed by atoms with Crippen LogP contribution < -0.4 is 10.6 Å². The van der Waals surface area contributed by atoms with Crippen LogP contribution in [-0.2, 0) is 9.59 Å². The number of rotatable bonds is 20. The van der Waals surface area contributed by atoms with Crippen LogP contribution in [0.1, 0.15) is 142 Å². The van der Waals surface area contributed by atoms with Gasteiger partial charge in [0.05, 0.1) is 23.3 Å². The molecule has 0 aliphatic carbocycles. The highest BCUT2D eigenvalue weighted by atomic mass is 16.3. The monoisotopic (exact) mass is 694 g/mol. The first-order chi connectivity index (χ1) is 24.5. The smallest absolute Gasteiger partial charge is 0.235 e. The predicted molar refractivity (Wildman–Crippen MR) is 211 cm³/mol. The first-order valence-electron chi connectivity index (χ1n) is 19.5. The van der Waals surface area contributed by atoms with E-state index in [4.69, 9.17) is 0 Å². The summed E-state index contributed by atoms with van der Waals surface area (Å²) in [5, 5.41) is 35.5. The van der Waals surface area contributed by atoms with E-state index in [9.17, 15) is 19.8 Å². The number of hydrogen-bond donors (Lipinski definition) is 4. The van der Waals surface area contributed by atoms with Gasteiger partial charge in [-0.1, -0.05) is 164 Å². The number of unbranched alkanes of at least 4 members (excludes halogenated alkanes) is 4. The van der Waals surface area contributed by atoms with Gasteiger partial charge in [-0.05, 0) is 72.2 Å². The lowest BCUT2D eigenvalue weighted by atomic mass is 9.77. The third kappa shape index (κ3) is 9.39. The van der Waals surface area contributed by atoms with Crippen LogP contribution in [0.15, 0.2) is 84.9 Å². The van der Waals surface area contributed by atoms with Crippen molar-refractivity contribution in [1.82, 2.24) is 10.6 Å². The largest absolute Gasteiger partial charge is 0.387 e. The van der Waals surface area contributed by atoms with E-state index in [0.29, 0.717) is 25.7 Å². The number of benzene rings is 4. The second-order valence-electron chi connectivity index (χ2n) is 15.2. The third-order valence-electron chi connectivity index (χ3n) is 10.9. The fourth-order valence-corrected chi connectivity index (χ4v) is 7.49. The molecule has 0 spiro atoms. The van der Waals surface area contributed by atoms with E-state index >= 15 is 0 Å². The standard InChI is InChI=1S/C45H62N2O4/c1-7-11-29-44(50,30-12-8-2)39(37-27-19-23-33-21-15-17-25-35(33)37)46-41(48)43(5,6)42(49)47-40(45(51,31-13-9-3)32-14-10-4)38-28-20-24-34-22-16-18-26-36(34)38/h15-28,39-40,50-51H,7-14,29-32H2,1-6H3,(H,46,48)(H,47,49)/t39-,40-/m0/s1. The first kappa shape index (κ1) is 40.0. The third-order valence-corrected chi connectivity index (χ3v) is 10.9. The number of carbonyl (C=O) groups excluding carboxylic acids is 2. The molecule has 0 saturated carbocycles. The molecule has 0 aromatic heterocycles. The zero-order valence-electron chi connectivity index (χ0n) is 31.9. The molecule has 0 heterocycles. The summed E-state index contributed by atoms with van der Waals surface area (Å²) in [5.74, 6) is -0.932. The Morgan fingerprint density at radius 2 is 0.843 bits per heavy atom. The summed E-state index contributed by atoms with van der Waals surface area (Å²) in [6.07, 6.45) is 8.96. The predicted octanol–water partition coefficient (Wildman–Crippen LogP) is 10.3. The van der Waals surface area contributed by atoms with Crippen molar-refractivity contribution in [3.63, 3.8) is 0 Å². The van der Waals surface area contributed by atoms with Crippen molar-refractivity contribution < 1.29 is 19.8 Å². The van der Waals surface area contributed by atoms with Gasteiger partial charge in [0, 0.05) is 0 Å². The molecule has 51 heavy (non-hydrogen) atoms. The van der Waals surface area contributed by atoms with Gasteiger partial charge in [-0.15, -0.1) is 0 Å². The Morgan fingerprint density at radius 1 is 0.529 bits per heavy atom. The zero-order chi connectivity index (χ0) is 37.1. The van der Waals surface area contributed by atoms with E-state index < -0.39 is 40.5 Å². The van der Waals surface area contributed by atoms with Gasteiger partial charge in [0.15, 0.2) is 0 Å². The van der Waals surface area contributed by atoms with Gasteiger partial charge >= 0.3 is 0 Å². The topological polar surface area (TPSA) is 98.7 Å². The van der Waals surface area contributed by atoms with E-state index in [-0.39, 0.29) is 0 Å². The minimum absolute atomic E-state index is 0.466. The molecular weight excluding hydrogens is 633 g/mol. The van der Waals surface area contributed by atoms with Crippen molar-refractivity contribution >= 4 is 33.4 Å². The van der Waals surface area contributed by atoms with Crippen molar-refractivity contribution in [3.8, 4) is 0 Å². The van der Waals surface area contributed by atoms with Crippen LogP contribution in [0.5, 0.6) is 0 Å². The van der Waals surface area contributed by atoms with E-state index in [1.165, 1.54) is 0 Å². The molecule has 0 unspecified atom stereocenters. The normalized spacial score (nSPS) is 13.6. The van der Waals surface area contributed by atoms with Crippen molar-refractivity contribution in [2.24, 2.45) is 5.41 Å². The molecule has 0 bridgehead atoms. The molecule has 0 radical (unpaired) electrons. The molecule has 4 N–H and O–H groups in total. The van der Waals surface area contributed by atoms with Crippen molar-refractivity contribution in [2.75, 3.05) is 0 Å². The molecule has 4 aromatic carbocycles. The Hall–Kier alpha value is -3.74. The molecule has 0 aliphatic rings. The summed E-state index contributed by atoms with van der Waals surface area (Å²) in [4.78, 5) is 29.2. The van der Waals surface area contributed by atoms with Gasteiger partial charge in [-0.3, -0.25) is 9.59 Å². The zero-order valence-corrected chi connectivity index (χ0v) is 31.9. The average Bonchev–Trinajstić information content (AvgIpc) is 3.15. The summed E-state index contributed by atoms with van der Waals surface area (Å²) in [7, 11) is 0. The van der Waals surface area contributed by atoms with Gasteiger partial charge < -0.3 is 20.8 Å². The van der Waals surface area contributed by atoms with Gasteiger partial charge in [0.2, 0.25) is 11.8 Å². The quantitative estimate of drug-likeness (QED) is 0.0692. The van der Waals surface area contributed by atoms with Gasteiger partial charge in [0.25, 0.3) is 0 Å². The molecule has 6 heteroatoms. The molecule has 0 fully saturated rings. The summed E-state index contributed by atoms with van der Waals surface area (Å²) >= 11 is 0. The van der Waals surface area contributed by atoms with Crippen LogP contribution in [-0.4, -0.2) is 33.2 Å². The molecule has 0 saturated heterocycles. The Morgan fingerprint density at radius 3 is 1.18 bits per heavy atom. The van der Waals surface area contributed by atoms with Gasteiger partial charge in [-0.25, -0.2) is 0 Å². The Balaban J connectivity index is 1.77. The number of aliphatic hydroxyl groups is 2. The molecule has 6 nitrogen and oxygen atoms in total. The minimum atomic E-state index is -1.53. The van der Waals surface area contributed by atoms with Crippen molar-refractivity contribution in [3.05, 3.63) is 96.1 Å². The van der Waals surface area contributed by atoms with E-state index in [0.717, 1.165) is 84.0 Å². The maximum Gasteiger partial charge on any atom is 0.235 e. The lowest BCUT2D eigenvalue weighted by Gasteiger charge is -2.41. The molecule has 2 amide bonds. The highest BCUT2D eigenvalue weighted by Crippen LogP contribution is 2.41. The van der Waals surface area contributed by atoms with Gasteiger partial charge in [0.1, 0.15) is 5.41 Å². The summed E-state index contributed by atoms with van der Waals surface area (Å²) in [6, 6.07) is 26.6. The second kappa shape index (κ2) is 18.1. The number of nitrogens with one attached hydrogen (secondary N) is 2. The number of hydrogen-bond acceptors (Lipinski definition) is 4. The molecule has 276 valence electrons. The summed E-state index contributed by atoms with van der Waals surface area (Å²) in [5.41, 5.74) is -2.28. The minimum Gasteiger partial charge on any atom is -0.387 e. The SMILES string of the molecule is CCCCC(O)(CCCC)[C@@H](NC(=O)C(C)(C)C(=O)N[C@@H](c1cccc2ccccc12)C(O)(CCCC)CCCC)c1cccc2ccccc12. The fraction of sp³-hybridized carbons (Fsp3) is 0.511. The molecular formula is C45H62N2O4. The highest BCUT2D eigenvalue weighted by Gasteiger charge is 2.46. The molecule has 0 aliphatic heterocycles. The molecule has 2 atom stereocenters. The van der Waals surface area contributed by atoms with Crippen molar-refractivity contribution in [1.29, 1.82) is 0 Å². The Bertz CT molecular complexity index is 1580. The van der Waals surface area contributed by atoms with Crippen LogP contribution in [0.3, 0.4) is 0 Å². The van der Waals surface area contributed by atoms with Crippen molar-refractivity contribution in [2.45, 2.75) is 142 Å². The van der Waals surface area contributed by atoms with Crippen LogP contribution in [0.2, 0.25) is 0 Å². The second-order valence-corrected chi connectivity index (χ2v) is 15.2. The van der Waals surface area contributed by atoms with Gasteiger partial charge in [-0.2, -0.15) is 0 Å². The lowest BCUT2D eigenvalue weighted by molar-refractivity contribution is -0.145. The number of fused-ring (bicyclic) bond motifs is 2. The number of amides is 2. The van der Waals surface area contributed by atoms with Crippen LogP contribution >= 0.6 is 0 Å². The maximum atomic E-state index is 14.6. The molecule has 4 aromatic rings. The van der Waals surface area contributed by atoms with Crippen LogP contribution in [0, 0.1) is 5.41 Å². The van der Waals surface area contributed by atoms with Crippen LogP contribution in [0.4, 0.5) is 0 Å². The average molecular weight is 695 g/mol. The lowest BCUT2D eigenvalue weighted by Crippen LogP contribution is -2.55. The summed E-state index contributed by atoms with van der Waals surface area (Å²) in [6.45, 7) is 11.7.